The van der Waals surface area contributed by atoms with E-state index < -0.39 is 0 Å². The Morgan fingerprint density at radius 1 is 1.55 bits per heavy atom. The Kier molecular flexibility index (Phi) is 1.12. The number of aliphatic imine (C=N–C) groups is 1. The molecule has 0 bridgehead atoms. The van der Waals surface area contributed by atoms with Gasteiger partial charge in [-0.2, -0.15) is 0 Å². The molecule has 0 amide bonds. The summed E-state index contributed by atoms with van der Waals surface area (Å²) >= 11 is 0. The first kappa shape index (κ1) is 6.22. The molecule has 0 saturated carbocycles. The van der Waals surface area contributed by atoms with Gasteiger partial charge >= 0.3 is 0 Å². The van der Waals surface area contributed by atoms with Gasteiger partial charge < -0.3 is 0 Å². The Hall–Kier alpha value is -1.51. The van der Waals surface area contributed by atoms with Crippen LogP contribution in [-0.4, -0.2) is 16.5 Å². The van der Waals surface area contributed by atoms with Crippen LogP contribution in [0.25, 0.3) is 0 Å². The lowest BCUT2D eigenvalue weighted by Gasteiger charge is -2.13. The highest BCUT2D eigenvalue weighted by atomic mass is 16.1. The third kappa shape index (κ3) is 0.774. The number of pyridine rings is 1. The summed E-state index contributed by atoms with van der Waals surface area (Å²) in [6, 6.07) is 3.66. The predicted molar refractivity (Wildman–Crippen MR) is 41.1 cm³/mol. The van der Waals surface area contributed by atoms with Gasteiger partial charge in [-0.25, -0.2) is 9.98 Å². The average molecular weight is 146 g/mol. The van der Waals surface area contributed by atoms with Gasteiger partial charge in [0.2, 0.25) is 0 Å². The fourth-order valence-corrected chi connectivity index (χ4v) is 1.05. The molecule has 0 aliphatic carbocycles. The molecule has 1 aliphatic rings. The summed E-state index contributed by atoms with van der Waals surface area (Å²) in [4.78, 5) is 18.7. The van der Waals surface area contributed by atoms with Crippen molar-refractivity contribution in [2.75, 3.05) is 0 Å². The zero-order chi connectivity index (χ0) is 7.84. The summed E-state index contributed by atoms with van der Waals surface area (Å²) in [5, 5.41) is 0. The number of carbonyl (C=O) groups excluding carboxylic acids is 1. The molecule has 2 heterocycles. The van der Waals surface area contributed by atoms with Gasteiger partial charge in [-0.15, -0.1) is 0 Å². The van der Waals surface area contributed by atoms with Gasteiger partial charge in [0.1, 0.15) is 5.71 Å². The molecule has 2 rings (SSSR count). The van der Waals surface area contributed by atoms with Crippen molar-refractivity contribution in [2.45, 2.75) is 6.92 Å². The summed E-state index contributed by atoms with van der Waals surface area (Å²) in [7, 11) is 0. The van der Waals surface area contributed by atoms with Crippen LogP contribution in [0.3, 0.4) is 0 Å². The second kappa shape index (κ2) is 1.99. The topological polar surface area (TPSA) is 42.3 Å². The number of Topliss-reactive ketones (excluding diaryl/α,β-unsaturated/α-hetero) is 1. The molecule has 1 aromatic heterocycles. The molecule has 0 unspecified atom stereocenters. The number of ketones is 1. The van der Waals surface area contributed by atoms with Crippen molar-refractivity contribution in [3.05, 3.63) is 23.9 Å². The van der Waals surface area contributed by atoms with E-state index in [9.17, 15) is 4.79 Å². The SMILES string of the molecule is CC(=O)C1=Nc2ncccc21. The first-order valence-corrected chi connectivity index (χ1v) is 3.34. The van der Waals surface area contributed by atoms with E-state index in [1.165, 1.54) is 6.92 Å². The summed E-state index contributed by atoms with van der Waals surface area (Å²) in [6.07, 6.45) is 1.67. The Morgan fingerprint density at radius 3 is 3.00 bits per heavy atom. The lowest BCUT2D eigenvalue weighted by molar-refractivity contribution is -0.111. The minimum absolute atomic E-state index is 0.00509. The van der Waals surface area contributed by atoms with Crippen LogP contribution in [0, 0.1) is 0 Å². The first-order chi connectivity index (χ1) is 5.29. The number of carbonyl (C=O) groups is 1. The third-order valence-corrected chi connectivity index (χ3v) is 1.59. The highest BCUT2D eigenvalue weighted by Gasteiger charge is 2.22. The molecule has 0 fully saturated rings. The van der Waals surface area contributed by atoms with Crippen LogP contribution in [-0.2, 0) is 4.79 Å². The normalized spacial score (nSPS) is 13.0. The summed E-state index contributed by atoms with van der Waals surface area (Å²) in [5.41, 5.74) is 1.42. The third-order valence-electron chi connectivity index (χ3n) is 1.59. The quantitative estimate of drug-likeness (QED) is 0.595. The second-order valence-corrected chi connectivity index (χ2v) is 2.39. The van der Waals surface area contributed by atoms with Crippen LogP contribution < -0.4 is 0 Å². The Balaban J connectivity index is 2.46. The molecule has 0 atom stereocenters. The molecular weight excluding hydrogens is 140 g/mol. The van der Waals surface area contributed by atoms with Crippen molar-refractivity contribution in [2.24, 2.45) is 4.99 Å². The number of hydrogen-bond donors (Lipinski definition) is 0. The van der Waals surface area contributed by atoms with Crippen LogP contribution in [0.5, 0.6) is 0 Å². The van der Waals surface area contributed by atoms with Crippen molar-refractivity contribution in [3.8, 4) is 0 Å². The van der Waals surface area contributed by atoms with E-state index in [4.69, 9.17) is 0 Å². The van der Waals surface area contributed by atoms with Gasteiger partial charge in [0, 0.05) is 18.7 Å². The van der Waals surface area contributed by atoms with Gasteiger partial charge in [0.25, 0.3) is 0 Å². The van der Waals surface area contributed by atoms with Crippen LogP contribution in [0.4, 0.5) is 5.82 Å². The second-order valence-electron chi connectivity index (χ2n) is 2.39. The molecule has 3 heteroatoms. The van der Waals surface area contributed by atoms with Crippen LogP contribution in [0.1, 0.15) is 12.5 Å². The monoisotopic (exact) mass is 146 g/mol. The van der Waals surface area contributed by atoms with E-state index in [-0.39, 0.29) is 5.78 Å². The zero-order valence-corrected chi connectivity index (χ0v) is 6.03. The van der Waals surface area contributed by atoms with E-state index >= 15 is 0 Å². The smallest absolute Gasteiger partial charge is 0.178 e. The first-order valence-electron chi connectivity index (χ1n) is 3.34. The molecular formula is C8H6N2O. The van der Waals surface area contributed by atoms with E-state index in [0.717, 1.165) is 5.56 Å². The Bertz CT molecular complexity index is 355. The van der Waals surface area contributed by atoms with Gasteiger partial charge in [-0.1, -0.05) is 0 Å². The predicted octanol–water partition coefficient (Wildman–Crippen LogP) is 1.10. The van der Waals surface area contributed by atoms with Gasteiger partial charge in [0.05, 0.1) is 0 Å². The van der Waals surface area contributed by atoms with E-state index in [1.54, 1.807) is 12.3 Å². The fraction of sp³-hybridized carbons (Fsp3) is 0.125. The molecule has 0 aromatic carbocycles. The minimum Gasteiger partial charge on any atom is -0.293 e. The van der Waals surface area contributed by atoms with Crippen molar-refractivity contribution in [1.29, 1.82) is 0 Å². The molecule has 1 aromatic rings. The number of fused-ring (bicyclic) bond motifs is 1. The summed E-state index contributed by atoms with van der Waals surface area (Å²) in [5.74, 6) is 0.684. The highest BCUT2D eigenvalue weighted by molar-refractivity contribution is 6.49. The number of rotatable bonds is 1. The standard InChI is InChI=1S/C8H6N2O/c1-5(11)7-6-3-2-4-9-8(6)10-7/h2-4H,1H3. The van der Waals surface area contributed by atoms with Gasteiger partial charge in [-0.3, -0.25) is 4.79 Å². The molecule has 0 radical (unpaired) electrons. The number of hydrogen-bond acceptors (Lipinski definition) is 3. The van der Waals surface area contributed by atoms with Crippen molar-refractivity contribution in [3.63, 3.8) is 0 Å². The average Bonchev–Trinajstić information content (AvgIpc) is 1.90. The molecule has 0 N–H and O–H groups in total. The fourth-order valence-electron chi connectivity index (χ4n) is 1.05. The molecule has 1 aliphatic heterocycles. The Morgan fingerprint density at radius 2 is 2.36 bits per heavy atom. The van der Waals surface area contributed by atoms with E-state index in [2.05, 4.69) is 9.98 Å². The summed E-state index contributed by atoms with van der Waals surface area (Å²) < 4.78 is 0. The van der Waals surface area contributed by atoms with Crippen LogP contribution in [0.2, 0.25) is 0 Å². The lowest BCUT2D eigenvalue weighted by atomic mass is 10.0. The summed E-state index contributed by atoms with van der Waals surface area (Å²) in [6.45, 7) is 1.51. The number of nitrogens with zero attached hydrogens (tertiary/aromatic N) is 2. The molecule has 3 nitrogen and oxygen atoms in total. The van der Waals surface area contributed by atoms with Gasteiger partial charge in [-0.05, 0) is 12.1 Å². The van der Waals surface area contributed by atoms with Crippen molar-refractivity contribution >= 4 is 17.3 Å². The Labute approximate surface area is 63.8 Å². The number of aromatic nitrogens is 1. The minimum atomic E-state index is 0.00509. The largest absolute Gasteiger partial charge is 0.293 e. The molecule has 11 heavy (non-hydrogen) atoms. The molecule has 54 valence electrons. The molecule has 0 saturated heterocycles. The van der Waals surface area contributed by atoms with Crippen molar-refractivity contribution < 1.29 is 4.79 Å². The maximum absolute atomic E-state index is 10.8. The van der Waals surface area contributed by atoms with Crippen LogP contribution in [0.15, 0.2) is 23.3 Å². The van der Waals surface area contributed by atoms with E-state index in [1.807, 2.05) is 6.07 Å². The van der Waals surface area contributed by atoms with Crippen molar-refractivity contribution in [1.82, 2.24) is 4.98 Å². The maximum atomic E-state index is 10.8. The lowest BCUT2D eigenvalue weighted by Crippen LogP contribution is -2.18. The maximum Gasteiger partial charge on any atom is 0.178 e. The van der Waals surface area contributed by atoms with E-state index in [0.29, 0.717) is 11.5 Å². The zero-order valence-electron chi connectivity index (χ0n) is 6.03. The van der Waals surface area contributed by atoms with Crippen LogP contribution >= 0.6 is 0 Å². The van der Waals surface area contributed by atoms with Gasteiger partial charge in [0.15, 0.2) is 11.6 Å². The molecule has 0 spiro atoms. The highest BCUT2D eigenvalue weighted by Crippen LogP contribution is 2.26.